The Kier molecular flexibility index (Phi) is 3.79. The fraction of sp³-hybridized carbons (Fsp3) is 0.455. The second-order valence-corrected chi connectivity index (χ2v) is 4.13. The summed E-state index contributed by atoms with van der Waals surface area (Å²) in [6.07, 6.45) is 1.68. The average molecular weight is 264 g/mol. The van der Waals surface area contributed by atoms with Crippen molar-refractivity contribution in [3.8, 4) is 0 Å². The molecule has 2 aromatic rings. The van der Waals surface area contributed by atoms with Gasteiger partial charge >= 0.3 is 0 Å². The zero-order chi connectivity index (χ0) is 13.8. The van der Waals surface area contributed by atoms with Crippen molar-refractivity contribution in [3.63, 3.8) is 0 Å². The first kappa shape index (κ1) is 13.1. The van der Waals surface area contributed by atoms with Crippen molar-refractivity contribution in [2.45, 2.75) is 33.2 Å². The van der Waals surface area contributed by atoms with Crippen molar-refractivity contribution >= 4 is 11.6 Å². The third-order valence-corrected chi connectivity index (χ3v) is 2.57. The number of nitrogens with one attached hydrogen (secondary N) is 2. The summed E-state index contributed by atoms with van der Waals surface area (Å²) in [5, 5.41) is 13.0. The van der Waals surface area contributed by atoms with Crippen molar-refractivity contribution in [1.82, 2.24) is 25.7 Å². The number of nitrogens with zero attached hydrogens (tertiary/aromatic N) is 3. The lowest BCUT2D eigenvalue weighted by Crippen LogP contribution is -2.24. The van der Waals surface area contributed by atoms with E-state index in [-0.39, 0.29) is 18.1 Å². The fourth-order valence-corrected chi connectivity index (χ4v) is 1.65. The highest BCUT2D eigenvalue weighted by Gasteiger charge is 2.17. The average Bonchev–Trinajstić information content (AvgIpc) is 2.95. The second-order valence-electron chi connectivity index (χ2n) is 4.13. The summed E-state index contributed by atoms with van der Waals surface area (Å²) in [6, 6.07) is 0. The van der Waals surface area contributed by atoms with E-state index in [2.05, 4.69) is 25.7 Å². The number of carbonyl (C=O) groups excluding carboxylic acids is 1. The van der Waals surface area contributed by atoms with Crippen LogP contribution in [0.4, 0.5) is 5.69 Å². The molecule has 19 heavy (non-hydrogen) atoms. The van der Waals surface area contributed by atoms with Gasteiger partial charge in [-0.25, -0.2) is 0 Å². The van der Waals surface area contributed by atoms with Gasteiger partial charge in [0.2, 0.25) is 5.89 Å². The standard InChI is InChI=1S/C11H16N6O2/c1-3-4-7-9(12)10(16-15-7)11(18)13-5-8-14-6(2)17-19-8/h3-5,12H2,1-2H3,(H,13,18)(H,15,16). The summed E-state index contributed by atoms with van der Waals surface area (Å²) in [5.74, 6) is 0.495. The number of hydrogen-bond donors (Lipinski definition) is 3. The quantitative estimate of drug-likeness (QED) is 0.725. The lowest BCUT2D eigenvalue weighted by molar-refractivity contribution is 0.0942. The molecule has 102 valence electrons. The number of rotatable bonds is 5. The van der Waals surface area contributed by atoms with Gasteiger partial charge in [0, 0.05) is 0 Å². The van der Waals surface area contributed by atoms with Gasteiger partial charge in [-0.1, -0.05) is 18.5 Å². The molecule has 0 spiro atoms. The molecule has 0 aliphatic rings. The minimum atomic E-state index is -0.369. The fourth-order valence-electron chi connectivity index (χ4n) is 1.65. The first-order valence-corrected chi connectivity index (χ1v) is 6.02. The van der Waals surface area contributed by atoms with Gasteiger partial charge in [-0.15, -0.1) is 0 Å². The Labute approximate surface area is 109 Å². The monoisotopic (exact) mass is 264 g/mol. The Balaban J connectivity index is 2.00. The molecule has 0 bridgehead atoms. The number of anilines is 1. The van der Waals surface area contributed by atoms with E-state index in [1.807, 2.05) is 6.92 Å². The number of aromatic nitrogens is 4. The zero-order valence-electron chi connectivity index (χ0n) is 10.9. The molecule has 2 heterocycles. The van der Waals surface area contributed by atoms with E-state index in [1.165, 1.54) is 0 Å². The molecule has 0 radical (unpaired) electrons. The van der Waals surface area contributed by atoms with Gasteiger partial charge in [-0.2, -0.15) is 10.1 Å². The summed E-state index contributed by atoms with van der Waals surface area (Å²) in [6.45, 7) is 3.88. The van der Waals surface area contributed by atoms with Crippen LogP contribution in [0, 0.1) is 6.92 Å². The molecule has 0 aromatic carbocycles. The van der Waals surface area contributed by atoms with Gasteiger partial charge in [0.25, 0.3) is 5.91 Å². The molecule has 0 saturated heterocycles. The third-order valence-electron chi connectivity index (χ3n) is 2.57. The lowest BCUT2D eigenvalue weighted by Gasteiger charge is -2.00. The highest BCUT2D eigenvalue weighted by molar-refractivity contribution is 5.97. The smallest absolute Gasteiger partial charge is 0.274 e. The second kappa shape index (κ2) is 5.51. The largest absolute Gasteiger partial charge is 0.395 e. The zero-order valence-corrected chi connectivity index (χ0v) is 10.9. The van der Waals surface area contributed by atoms with E-state index in [4.69, 9.17) is 10.3 Å². The molecule has 2 rings (SSSR count). The number of nitrogens with two attached hydrogens (primary N) is 1. The summed E-state index contributed by atoms with van der Waals surface area (Å²) >= 11 is 0. The molecule has 0 atom stereocenters. The van der Waals surface area contributed by atoms with Crippen LogP contribution in [0.1, 0.15) is 41.2 Å². The summed E-state index contributed by atoms with van der Waals surface area (Å²) in [4.78, 5) is 15.9. The number of carbonyl (C=O) groups is 1. The van der Waals surface area contributed by atoms with Crippen LogP contribution >= 0.6 is 0 Å². The van der Waals surface area contributed by atoms with Gasteiger partial charge in [-0.3, -0.25) is 9.89 Å². The highest BCUT2D eigenvalue weighted by Crippen LogP contribution is 2.15. The van der Waals surface area contributed by atoms with Gasteiger partial charge in [0.1, 0.15) is 0 Å². The lowest BCUT2D eigenvalue weighted by atomic mass is 10.2. The van der Waals surface area contributed by atoms with Crippen LogP contribution in [0.2, 0.25) is 0 Å². The van der Waals surface area contributed by atoms with Crippen LogP contribution in [-0.4, -0.2) is 26.2 Å². The minimum Gasteiger partial charge on any atom is -0.395 e. The van der Waals surface area contributed by atoms with Gasteiger partial charge < -0.3 is 15.6 Å². The van der Waals surface area contributed by atoms with Crippen LogP contribution in [0.15, 0.2) is 4.52 Å². The van der Waals surface area contributed by atoms with Crippen LogP contribution in [-0.2, 0) is 13.0 Å². The van der Waals surface area contributed by atoms with Crippen LogP contribution in [0.25, 0.3) is 0 Å². The first-order chi connectivity index (χ1) is 9.11. The molecule has 0 saturated carbocycles. The SMILES string of the molecule is CCCc1[nH]nc(C(=O)NCc2nc(C)no2)c1N. The van der Waals surface area contributed by atoms with E-state index >= 15 is 0 Å². The Morgan fingerprint density at radius 3 is 2.95 bits per heavy atom. The van der Waals surface area contributed by atoms with Gasteiger partial charge in [-0.05, 0) is 13.3 Å². The molecule has 1 amide bonds. The Morgan fingerprint density at radius 2 is 2.32 bits per heavy atom. The number of amides is 1. The van der Waals surface area contributed by atoms with Crippen LogP contribution in [0.3, 0.4) is 0 Å². The number of H-pyrrole nitrogens is 1. The van der Waals surface area contributed by atoms with Crippen LogP contribution < -0.4 is 11.1 Å². The molecule has 0 fully saturated rings. The molecule has 4 N–H and O–H groups in total. The van der Waals surface area contributed by atoms with E-state index in [0.717, 1.165) is 18.5 Å². The Bertz CT molecular complexity index is 574. The van der Waals surface area contributed by atoms with Crippen molar-refractivity contribution in [2.24, 2.45) is 0 Å². The number of aromatic amines is 1. The molecule has 0 unspecified atom stereocenters. The minimum absolute atomic E-state index is 0.148. The summed E-state index contributed by atoms with van der Waals surface area (Å²) in [5.41, 5.74) is 7.22. The molecule has 2 aromatic heterocycles. The number of hydrogen-bond acceptors (Lipinski definition) is 6. The highest BCUT2D eigenvalue weighted by atomic mass is 16.5. The maximum absolute atomic E-state index is 11.9. The summed E-state index contributed by atoms with van der Waals surface area (Å²) in [7, 11) is 0. The Morgan fingerprint density at radius 1 is 1.53 bits per heavy atom. The maximum Gasteiger partial charge on any atom is 0.274 e. The molecule has 8 heteroatoms. The van der Waals surface area contributed by atoms with E-state index in [9.17, 15) is 4.79 Å². The van der Waals surface area contributed by atoms with E-state index in [0.29, 0.717) is 17.4 Å². The van der Waals surface area contributed by atoms with Crippen molar-refractivity contribution in [1.29, 1.82) is 0 Å². The predicted molar refractivity (Wildman–Crippen MR) is 67.2 cm³/mol. The first-order valence-electron chi connectivity index (χ1n) is 6.02. The van der Waals surface area contributed by atoms with Gasteiger partial charge in [0.15, 0.2) is 11.5 Å². The van der Waals surface area contributed by atoms with E-state index < -0.39 is 0 Å². The Hall–Kier alpha value is -2.38. The topological polar surface area (TPSA) is 123 Å². The molecular formula is C11H16N6O2. The van der Waals surface area contributed by atoms with E-state index in [1.54, 1.807) is 6.92 Å². The molecular weight excluding hydrogens is 248 g/mol. The third kappa shape index (κ3) is 2.90. The van der Waals surface area contributed by atoms with Crippen LogP contribution in [0.5, 0.6) is 0 Å². The van der Waals surface area contributed by atoms with Gasteiger partial charge in [0.05, 0.1) is 17.9 Å². The predicted octanol–water partition coefficient (Wildman–Crippen LogP) is 0.566. The maximum atomic E-state index is 11.9. The van der Waals surface area contributed by atoms with Crippen molar-refractivity contribution < 1.29 is 9.32 Å². The molecule has 0 aliphatic heterocycles. The van der Waals surface area contributed by atoms with Crippen molar-refractivity contribution in [2.75, 3.05) is 5.73 Å². The normalized spacial score (nSPS) is 10.6. The number of nitrogen functional groups attached to an aromatic ring is 1. The molecule has 0 aliphatic carbocycles. The summed E-state index contributed by atoms with van der Waals surface area (Å²) < 4.78 is 4.89. The van der Waals surface area contributed by atoms with Crippen molar-refractivity contribution in [3.05, 3.63) is 23.1 Å². The molecule has 8 nitrogen and oxygen atoms in total. The number of aryl methyl sites for hydroxylation is 2.